The molecule has 6 nitrogen and oxygen atoms in total. The number of methoxy groups -OCH3 is 1. The molecule has 0 spiro atoms. The second-order valence-electron chi connectivity index (χ2n) is 5.80. The van der Waals surface area contributed by atoms with Gasteiger partial charge < -0.3 is 10.1 Å². The lowest BCUT2D eigenvalue weighted by Gasteiger charge is -2.13. The van der Waals surface area contributed by atoms with Crippen molar-refractivity contribution in [1.29, 1.82) is 0 Å². The first kappa shape index (κ1) is 21.2. The second-order valence-corrected chi connectivity index (χ2v) is 7.61. The minimum atomic E-state index is -0.706. The number of rotatable bonds is 5. The zero-order valence-electron chi connectivity index (χ0n) is 14.9. The summed E-state index contributed by atoms with van der Waals surface area (Å²) in [5.74, 6) is -1.49. The number of anilines is 1. The largest absolute Gasteiger partial charge is 0.495 e. The molecule has 1 saturated heterocycles. The fraction of sp³-hybridized carbons (Fsp3) is 0.105. The van der Waals surface area contributed by atoms with E-state index in [0.717, 1.165) is 4.90 Å². The van der Waals surface area contributed by atoms with Crippen molar-refractivity contribution in [3.63, 3.8) is 0 Å². The number of benzene rings is 2. The average Bonchev–Trinajstić information content (AvgIpc) is 2.92. The number of hydrogen-bond donors (Lipinski definition) is 1. The van der Waals surface area contributed by atoms with E-state index >= 15 is 0 Å². The van der Waals surface area contributed by atoms with Crippen molar-refractivity contribution in [3.8, 4) is 5.75 Å². The molecule has 0 unspecified atom stereocenters. The first-order valence-corrected chi connectivity index (χ1v) is 9.70. The van der Waals surface area contributed by atoms with Crippen molar-refractivity contribution in [2.75, 3.05) is 19.0 Å². The normalized spacial score (nSPS) is 15.2. The van der Waals surface area contributed by atoms with Crippen LogP contribution in [0.15, 0.2) is 41.3 Å². The van der Waals surface area contributed by atoms with Gasteiger partial charge in [0.15, 0.2) is 0 Å². The van der Waals surface area contributed by atoms with Crippen molar-refractivity contribution >= 4 is 63.8 Å². The molecule has 2 aromatic carbocycles. The average molecular weight is 455 g/mol. The number of amides is 3. The van der Waals surface area contributed by atoms with Crippen LogP contribution in [-0.4, -0.2) is 35.6 Å². The summed E-state index contributed by atoms with van der Waals surface area (Å²) in [6.07, 6.45) is 1.20. The molecule has 1 fully saturated rings. The Morgan fingerprint density at radius 2 is 2.00 bits per heavy atom. The van der Waals surface area contributed by atoms with E-state index in [-0.39, 0.29) is 15.5 Å². The number of nitrogens with one attached hydrogen (secondary N) is 1. The molecule has 1 aliphatic heterocycles. The number of carbonyl (C=O) groups excluding carboxylic acids is 3. The Hall–Kier alpha value is -2.55. The van der Waals surface area contributed by atoms with E-state index in [9.17, 15) is 18.8 Å². The Bertz CT molecular complexity index is 1020. The van der Waals surface area contributed by atoms with Crippen molar-refractivity contribution in [2.24, 2.45) is 0 Å². The number of ether oxygens (including phenoxy) is 1. The SMILES string of the molecule is COc1ccc(NC(=O)CN2C(=O)S/C(=C\c3c(F)cccc3Cl)C2=O)cc1Cl. The van der Waals surface area contributed by atoms with Crippen molar-refractivity contribution in [3.05, 3.63) is 62.7 Å². The maximum absolute atomic E-state index is 13.9. The van der Waals surface area contributed by atoms with Crippen LogP contribution in [0.5, 0.6) is 5.75 Å². The van der Waals surface area contributed by atoms with Gasteiger partial charge in [-0.05, 0) is 48.2 Å². The number of thioether (sulfide) groups is 1. The summed E-state index contributed by atoms with van der Waals surface area (Å²) in [5.41, 5.74) is 0.374. The number of carbonyl (C=O) groups is 3. The third-order valence-electron chi connectivity index (χ3n) is 3.89. The minimum absolute atomic E-state index is 0.00278. The molecule has 10 heteroatoms. The molecule has 0 aromatic heterocycles. The fourth-order valence-corrected chi connectivity index (χ4v) is 3.80. The first-order valence-electron chi connectivity index (χ1n) is 8.13. The van der Waals surface area contributed by atoms with Crippen LogP contribution in [0.1, 0.15) is 5.56 Å². The molecule has 1 aliphatic rings. The molecule has 150 valence electrons. The van der Waals surface area contributed by atoms with E-state index in [1.807, 2.05) is 0 Å². The summed E-state index contributed by atoms with van der Waals surface area (Å²) < 4.78 is 19.0. The summed E-state index contributed by atoms with van der Waals surface area (Å²) in [5, 5.41) is 2.30. The summed E-state index contributed by atoms with van der Waals surface area (Å²) >= 11 is 12.6. The highest BCUT2D eigenvalue weighted by Crippen LogP contribution is 2.34. The van der Waals surface area contributed by atoms with E-state index in [1.54, 1.807) is 12.1 Å². The summed E-state index contributed by atoms with van der Waals surface area (Å²) in [6.45, 7) is -0.503. The Kier molecular flexibility index (Phi) is 6.46. The minimum Gasteiger partial charge on any atom is -0.495 e. The van der Waals surface area contributed by atoms with Gasteiger partial charge in [-0.1, -0.05) is 29.3 Å². The highest BCUT2D eigenvalue weighted by Gasteiger charge is 2.36. The predicted molar refractivity (Wildman–Crippen MR) is 111 cm³/mol. The van der Waals surface area contributed by atoms with E-state index in [2.05, 4.69) is 5.32 Å². The Balaban J connectivity index is 1.72. The summed E-state index contributed by atoms with van der Waals surface area (Å²) in [7, 11) is 1.46. The smallest absolute Gasteiger partial charge is 0.294 e. The molecule has 1 N–H and O–H groups in total. The highest BCUT2D eigenvalue weighted by atomic mass is 35.5. The van der Waals surface area contributed by atoms with Crippen LogP contribution in [-0.2, 0) is 9.59 Å². The monoisotopic (exact) mass is 454 g/mol. The Morgan fingerprint density at radius 1 is 1.24 bits per heavy atom. The maximum atomic E-state index is 13.9. The fourth-order valence-electron chi connectivity index (χ4n) is 2.50. The first-order chi connectivity index (χ1) is 13.8. The molecule has 0 radical (unpaired) electrons. The van der Waals surface area contributed by atoms with Crippen molar-refractivity contribution in [2.45, 2.75) is 0 Å². The topological polar surface area (TPSA) is 75.7 Å². The van der Waals surface area contributed by atoms with Gasteiger partial charge in [-0.25, -0.2) is 4.39 Å². The van der Waals surface area contributed by atoms with Gasteiger partial charge in [0.25, 0.3) is 11.1 Å². The lowest BCUT2D eigenvalue weighted by Crippen LogP contribution is -2.36. The van der Waals surface area contributed by atoms with Gasteiger partial charge in [0.2, 0.25) is 5.91 Å². The van der Waals surface area contributed by atoms with Gasteiger partial charge in [-0.2, -0.15) is 0 Å². The van der Waals surface area contributed by atoms with Crippen LogP contribution in [0.4, 0.5) is 14.9 Å². The Labute approximate surface area is 179 Å². The zero-order chi connectivity index (χ0) is 21.1. The van der Waals surface area contributed by atoms with Crippen molar-refractivity contribution < 1.29 is 23.5 Å². The Morgan fingerprint density at radius 3 is 2.66 bits per heavy atom. The molecule has 1 heterocycles. The van der Waals surface area contributed by atoms with Crippen LogP contribution in [0.25, 0.3) is 6.08 Å². The van der Waals surface area contributed by atoms with Crippen LogP contribution < -0.4 is 10.1 Å². The van der Waals surface area contributed by atoms with Gasteiger partial charge in [0.1, 0.15) is 18.1 Å². The third kappa shape index (κ3) is 4.72. The molecule has 0 aliphatic carbocycles. The lowest BCUT2D eigenvalue weighted by molar-refractivity contribution is -0.127. The van der Waals surface area contributed by atoms with Gasteiger partial charge in [-0.15, -0.1) is 0 Å². The van der Waals surface area contributed by atoms with Crippen LogP contribution in [0.2, 0.25) is 10.0 Å². The van der Waals surface area contributed by atoms with Crippen LogP contribution >= 0.6 is 35.0 Å². The molecule has 0 saturated carbocycles. The lowest BCUT2D eigenvalue weighted by atomic mass is 10.2. The number of halogens is 3. The molecule has 0 atom stereocenters. The molecule has 0 bridgehead atoms. The van der Waals surface area contributed by atoms with Crippen LogP contribution in [0, 0.1) is 5.82 Å². The van der Waals surface area contributed by atoms with Crippen molar-refractivity contribution in [1.82, 2.24) is 4.90 Å². The molecule has 3 amide bonds. The van der Waals surface area contributed by atoms with Gasteiger partial charge in [-0.3, -0.25) is 19.3 Å². The molecule has 29 heavy (non-hydrogen) atoms. The zero-order valence-corrected chi connectivity index (χ0v) is 17.2. The van der Waals surface area contributed by atoms with E-state index in [0.29, 0.717) is 28.2 Å². The van der Waals surface area contributed by atoms with Gasteiger partial charge in [0.05, 0.1) is 22.1 Å². The molecule has 3 rings (SSSR count). The highest BCUT2D eigenvalue weighted by molar-refractivity contribution is 8.18. The standard InChI is InChI=1S/C19H13Cl2FN2O4S/c1-28-15-6-5-10(7-13(15)21)23-17(25)9-24-18(26)16(29-19(24)27)8-11-12(20)3-2-4-14(11)22/h2-8H,9H2,1H3,(H,23,25)/b16-8-. The molecular weight excluding hydrogens is 442 g/mol. The quantitative estimate of drug-likeness (QED) is 0.655. The predicted octanol–water partition coefficient (Wildman–Crippen LogP) is 4.82. The van der Waals surface area contributed by atoms with E-state index in [4.69, 9.17) is 27.9 Å². The third-order valence-corrected chi connectivity index (χ3v) is 5.42. The van der Waals surface area contributed by atoms with Crippen LogP contribution in [0.3, 0.4) is 0 Å². The van der Waals surface area contributed by atoms with E-state index in [1.165, 1.54) is 37.5 Å². The summed E-state index contributed by atoms with van der Waals surface area (Å²) in [6, 6.07) is 8.70. The van der Waals surface area contributed by atoms with Gasteiger partial charge in [0, 0.05) is 11.3 Å². The number of imide groups is 1. The maximum Gasteiger partial charge on any atom is 0.294 e. The van der Waals surface area contributed by atoms with Gasteiger partial charge >= 0.3 is 0 Å². The molecular formula is C19H13Cl2FN2O4S. The molecule has 2 aromatic rings. The number of nitrogens with zero attached hydrogens (tertiary/aromatic N) is 1. The number of hydrogen-bond acceptors (Lipinski definition) is 5. The summed E-state index contributed by atoms with van der Waals surface area (Å²) in [4.78, 5) is 37.7. The second kappa shape index (κ2) is 8.86. The van der Waals surface area contributed by atoms with E-state index < -0.39 is 29.4 Å².